The zero-order chi connectivity index (χ0) is 16.4. The van der Waals surface area contributed by atoms with E-state index in [0.29, 0.717) is 31.2 Å². The Morgan fingerprint density at radius 1 is 1.39 bits per heavy atom. The van der Waals surface area contributed by atoms with Gasteiger partial charge in [-0.25, -0.2) is 12.8 Å². The Balaban J connectivity index is 0.00000264. The summed E-state index contributed by atoms with van der Waals surface area (Å²) >= 11 is 0. The maximum atomic E-state index is 13.6. The van der Waals surface area contributed by atoms with Crippen molar-refractivity contribution in [1.82, 2.24) is 10.2 Å². The summed E-state index contributed by atoms with van der Waals surface area (Å²) < 4.78 is 36.9. The number of rotatable bonds is 2. The monoisotopic (exact) mass is 455 g/mol. The molecule has 1 heterocycles. The summed E-state index contributed by atoms with van der Waals surface area (Å²) in [4.78, 5) is 6.09. The lowest BCUT2D eigenvalue weighted by atomic mass is 10.2. The summed E-state index contributed by atoms with van der Waals surface area (Å²) in [7, 11) is -1.46. The average Bonchev–Trinajstić information content (AvgIpc) is 2.45. The van der Waals surface area contributed by atoms with Crippen LogP contribution in [0.3, 0.4) is 0 Å². The smallest absolute Gasteiger partial charge is 0.193 e. The molecule has 1 aliphatic heterocycles. The van der Waals surface area contributed by atoms with Gasteiger partial charge in [-0.2, -0.15) is 0 Å². The number of benzene rings is 1. The molecule has 0 aromatic heterocycles. The molecule has 23 heavy (non-hydrogen) atoms. The number of halogens is 2. The molecule has 0 radical (unpaired) electrons. The van der Waals surface area contributed by atoms with Gasteiger partial charge in [-0.15, -0.1) is 24.0 Å². The van der Waals surface area contributed by atoms with Crippen LogP contribution >= 0.6 is 24.0 Å². The molecule has 1 aromatic carbocycles. The van der Waals surface area contributed by atoms with E-state index in [9.17, 15) is 12.8 Å². The fourth-order valence-corrected chi connectivity index (χ4v) is 3.84. The second-order valence-corrected chi connectivity index (χ2v) is 8.74. The van der Waals surface area contributed by atoms with E-state index in [1.165, 1.54) is 6.07 Å². The summed E-state index contributed by atoms with van der Waals surface area (Å²) in [5.74, 6) is 0.415. The number of nitrogens with one attached hydrogen (secondary N) is 1. The van der Waals surface area contributed by atoms with Gasteiger partial charge in [0.15, 0.2) is 15.8 Å². The molecular weight excluding hydrogens is 432 g/mol. The van der Waals surface area contributed by atoms with Gasteiger partial charge in [0.1, 0.15) is 5.82 Å². The number of hydrogen-bond donors (Lipinski definition) is 1. The Morgan fingerprint density at radius 3 is 2.61 bits per heavy atom. The van der Waals surface area contributed by atoms with Crippen molar-refractivity contribution in [2.75, 3.05) is 25.9 Å². The largest absolute Gasteiger partial charge is 0.352 e. The van der Waals surface area contributed by atoms with Crippen LogP contribution in [0.15, 0.2) is 29.3 Å². The van der Waals surface area contributed by atoms with Crippen LogP contribution in [0.1, 0.15) is 19.4 Å². The van der Waals surface area contributed by atoms with Crippen molar-refractivity contribution in [2.24, 2.45) is 4.99 Å². The fraction of sp³-hybridized carbons (Fsp3) is 0.533. The molecule has 0 spiro atoms. The van der Waals surface area contributed by atoms with Gasteiger partial charge in [0.05, 0.1) is 10.5 Å². The van der Waals surface area contributed by atoms with Crippen LogP contribution in [0.5, 0.6) is 0 Å². The first-order valence-corrected chi connectivity index (χ1v) is 8.83. The molecule has 0 atom stereocenters. The molecular formula is C15H23FIN3O2S. The van der Waals surface area contributed by atoms with Crippen LogP contribution in [0, 0.1) is 5.82 Å². The highest BCUT2D eigenvalue weighted by Crippen LogP contribution is 2.23. The number of aliphatic imine (C=N–C) groups is 1. The van der Waals surface area contributed by atoms with Crippen molar-refractivity contribution in [3.63, 3.8) is 0 Å². The Hall–Kier alpha value is -0.900. The van der Waals surface area contributed by atoms with Crippen LogP contribution in [-0.4, -0.2) is 49.9 Å². The molecule has 0 aliphatic carbocycles. The molecule has 130 valence electrons. The molecule has 1 aliphatic rings. The minimum Gasteiger partial charge on any atom is -0.352 e. The van der Waals surface area contributed by atoms with Gasteiger partial charge in [0.25, 0.3) is 0 Å². The predicted octanol–water partition coefficient (Wildman–Crippen LogP) is 2.03. The summed E-state index contributed by atoms with van der Waals surface area (Å²) in [6, 6.07) is 6.54. The maximum absolute atomic E-state index is 13.6. The first kappa shape index (κ1) is 20.1. The number of nitrogens with zero attached hydrogens (tertiary/aromatic N) is 2. The first-order chi connectivity index (χ1) is 10.3. The van der Waals surface area contributed by atoms with Crippen LogP contribution in [-0.2, 0) is 16.4 Å². The highest BCUT2D eigenvalue weighted by Gasteiger charge is 2.40. The summed E-state index contributed by atoms with van der Waals surface area (Å²) in [5, 5.41) is 3.10. The van der Waals surface area contributed by atoms with E-state index in [1.54, 1.807) is 39.1 Å². The fourth-order valence-electron chi connectivity index (χ4n) is 2.47. The molecule has 2 rings (SSSR count). The lowest BCUT2D eigenvalue weighted by Crippen LogP contribution is -2.57. The molecule has 1 N–H and O–H groups in total. The van der Waals surface area contributed by atoms with Crippen LogP contribution in [0.2, 0.25) is 0 Å². The average molecular weight is 455 g/mol. The zero-order valence-corrected chi connectivity index (χ0v) is 16.7. The van der Waals surface area contributed by atoms with Crippen LogP contribution in [0.4, 0.5) is 4.39 Å². The lowest BCUT2D eigenvalue weighted by Gasteiger charge is -2.39. The van der Waals surface area contributed by atoms with E-state index in [2.05, 4.69) is 10.3 Å². The van der Waals surface area contributed by atoms with E-state index in [-0.39, 0.29) is 35.5 Å². The molecule has 0 bridgehead atoms. The van der Waals surface area contributed by atoms with Crippen molar-refractivity contribution < 1.29 is 12.8 Å². The van der Waals surface area contributed by atoms with Gasteiger partial charge in [-0.3, -0.25) is 4.99 Å². The van der Waals surface area contributed by atoms with Gasteiger partial charge < -0.3 is 10.2 Å². The summed E-state index contributed by atoms with van der Waals surface area (Å²) in [6.07, 6.45) is 0. The van der Waals surface area contributed by atoms with Crippen molar-refractivity contribution in [1.29, 1.82) is 0 Å². The molecule has 1 saturated heterocycles. The van der Waals surface area contributed by atoms with E-state index < -0.39 is 14.6 Å². The molecule has 1 fully saturated rings. The van der Waals surface area contributed by atoms with Gasteiger partial charge in [0.2, 0.25) is 0 Å². The second-order valence-electron chi connectivity index (χ2n) is 5.99. The molecule has 0 amide bonds. The topological polar surface area (TPSA) is 61.8 Å². The Bertz CT molecular complexity index is 677. The third-order valence-electron chi connectivity index (χ3n) is 3.95. The first-order valence-electron chi connectivity index (χ1n) is 7.18. The quantitative estimate of drug-likeness (QED) is 0.421. The molecule has 0 saturated carbocycles. The third kappa shape index (κ3) is 4.56. The molecule has 5 nitrogen and oxygen atoms in total. The zero-order valence-electron chi connectivity index (χ0n) is 13.5. The predicted molar refractivity (Wildman–Crippen MR) is 101 cm³/mol. The minimum absolute atomic E-state index is 0. The summed E-state index contributed by atoms with van der Waals surface area (Å²) in [6.45, 7) is 4.51. The van der Waals surface area contributed by atoms with Gasteiger partial charge in [-0.05, 0) is 19.9 Å². The molecule has 8 heteroatoms. The normalized spacial score (nSPS) is 19.8. The Morgan fingerprint density at radius 2 is 2.04 bits per heavy atom. The van der Waals surface area contributed by atoms with Gasteiger partial charge in [0, 0.05) is 32.2 Å². The van der Waals surface area contributed by atoms with Crippen molar-refractivity contribution >= 4 is 39.8 Å². The SMILES string of the molecule is CN=C(NCc1ccccc1F)N1CCS(=O)(=O)C(C)(C)C1.I. The van der Waals surface area contributed by atoms with E-state index in [1.807, 2.05) is 4.90 Å². The van der Waals surface area contributed by atoms with Crippen molar-refractivity contribution in [3.8, 4) is 0 Å². The van der Waals surface area contributed by atoms with Crippen molar-refractivity contribution in [3.05, 3.63) is 35.6 Å². The van der Waals surface area contributed by atoms with Crippen molar-refractivity contribution in [2.45, 2.75) is 25.1 Å². The highest BCUT2D eigenvalue weighted by molar-refractivity contribution is 14.0. The highest BCUT2D eigenvalue weighted by atomic mass is 127. The van der Waals surface area contributed by atoms with Crippen LogP contribution < -0.4 is 5.32 Å². The Labute approximate surface area is 154 Å². The summed E-state index contributed by atoms with van der Waals surface area (Å²) in [5.41, 5.74) is 0.549. The number of sulfone groups is 1. The molecule has 0 unspecified atom stereocenters. The van der Waals surface area contributed by atoms with E-state index in [4.69, 9.17) is 0 Å². The maximum Gasteiger partial charge on any atom is 0.193 e. The minimum atomic E-state index is -3.09. The van der Waals surface area contributed by atoms with Gasteiger partial charge in [-0.1, -0.05) is 18.2 Å². The Kier molecular flexibility index (Phi) is 6.81. The standard InChI is InChI=1S/C15H22FN3O2S.HI/c1-15(2)11-19(8-9-22(15,20)21)14(17-3)18-10-12-6-4-5-7-13(12)16;/h4-7H,8-11H2,1-3H3,(H,17,18);1H. The number of hydrogen-bond acceptors (Lipinski definition) is 3. The lowest BCUT2D eigenvalue weighted by molar-refractivity contribution is 0.353. The van der Waals surface area contributed by atoms with Crippen LogP contribution in [0.25, 0.3) is 0 Å². The number of guanidine groups is 1. The van der Waals surface area contributed by atoms with E-state index in [0.717, 1.165) is 0 Å². The molecule has 1 aromatic rings. The third-order valence-corrected chi connectivity index (χ3v) is 6.48. The van der Waals surface area contributed by atoms with Gasteiger partial charge >= 0.3 is 0 Å². The van der Waals surface area contributed by atoms with E-state index >= 15 is 0 Å². The second kappa shape index (κ2) is 7.78.